The third-order valence-electron chi connectivity index (χ3n) is 6.52. The first-order valence-electron chi connectivity index (χ1n) is 13.7. The largest absolute Gasteiger partial charge is 0.484 e. The molecule has 0 radical (unpaired) electrons. The summed E-state index contributed by atoms with van der Waals surface area (Å²) in [7, 11) is 0. The van der Waals surface area contributed by atoms with Crippen molar-refractivity contribution in [3.63, 3.8) is 0 Å². The van der Waals surface area contributed by atoms with Crippen molar-refractivity contribution in [2.24, 2.45) is 0 Å². The number of ether oxygens (including phenoxy) is 1. The van der Waals surface area contributed by atoms with Crippen LogP contribution in [0.15, 0.2) is 143 Å². The summed E-state index contributed by atoms with van der Waals surface area (Å²) in [6, 6.07) is 41.2. The fourth-order valence-corrected chi connectivity index (χ4v) is 5.53. The number of aromatic nitrogens is 1. The number of anilines is 2. The van der Waals surface area contributed by atoms with Crippen molar-refractivity contribution in [2.75, 3.05) is 17.2 Å². The Bertz CT molecular complexity index is 1810. The molecular formula is C35H27N3O4S. The van der Waals surface area contributed by atoms with Gasteiger partial charge in [0.25, 0.3) is 5.91 Å². The average molecular weight is 586 g/mol. The summed E-state index contributed by atoms with van der Waals surface area (Å²) in [4.78, 5) is 31.5. The van der Waals surface area contributed by atoms with E-state index in [1.54, 1.807) is 18.2 Å². The number of oxazole rings is 1. The van der Waals surface area contributed by atoms with E-state index in [4.69, 9.17) is 9.15 Å². The van der Waals surface area contributed by atoms with Gasteiger partial charge in [0.15, 0.2) is 12.2 Å². The van der Waals surface area contributed by atoms with Crippen LogP contribution < -0.4 is 15.4 Å². The quantitative estimate of drug-likeness (QED) is 0.158. The molecule has 1 heterocycles. The van der Waals surface area contributed by atoms with Crippen molar-refractivity contribution in [1.82, 2.24) is 4.98 Å². The number of thioether (sulfide) groups is 1. The highest BCUT2D eigenvalue weighted by Gasteiger charge is 2.23. The fraction of sp³-hybridized carbons (Fsp3) is 0.0571. The molecule has 0 aliphatic heterocycles. The van der Waals surface area contributed by atoms with Crippen molar-refractivity contribution < 1.29 is 18.7 Å². The van der Waals surface area contributed by atoms with E-state index >= 15 is 0 Å². The molecule has 0 fully saturated rings. The molecule has 7 nitrogen and oxygen atoms in total. The number of carbonyl (C=O) groups is 2. The van der Waals surface area contributed by atoms with Crippen molar-refractivity contribution in [1.29, 1.82) is 0 Å². The Kier molecular flexibility index (Phi) is 8.47. The Balaban J connectivity index is 1.14. The van der Waals surface area contributed by atoms with E-state index in [0.29, 0.717) is 23.0 Å². The first-order chi connectivity index (χ1) is 21.1. The Morgan fingerprint density at radius 1 is 0.744 bits per heavy atom. The Morgan fingerprint density at radius 3 is 2.23 bits per heavy atom. The van der Waals surface area contributed by atoms with E-state index in [9.17, 15) is 9.59 Å². The Labute approximate surface area is 252 Å². The number of carbonyl (C=O) groups excluding carboxylic acids is 2. The molecule has 2 amide bonds. The number of nitrogens with one attached hydrogen (secondary N) is 2. The van der Waals surface area contributed by atoms with Gasteiger partial charge in [-0.1, -0.05) is 66.7 Å². The number of benzene rings is 5. The molecule has 8 heteroatoms. The van der Waals surface area contributed by atoms with Gasteiger partial charge < -0.3 is 19.8 Å². The molecule has 2 N–H and O–H groups in total. The molecule has 212 valence electrons. The second-order valence-corrected chi connectivity index (χ2v) is 10.8. The molecule has 0 aliphatic carbocycles. The van der Waals surface area contributed by atoms with Gasteiger partial charge >= 0.3 is 0 Å². The lowest BCUT2D eigenvalue weighted by Gasteiger charge is -2.18. The van der Waals surface area contributed by atoms with Crippen molar-refractivity contribution in [3.05, 3.63) is 139 Å². The summed E-state index contributed by atoms with van der Waals surface area (Å²) in [5.74, 6) is 0.705. The SMILES string of the molecule is O=C(COc1ccccc1)Nc1cccc(SC(C(=O)Nc2ccc(-c3nc4ccccc4o3)cc2)c2ccccc2)c1. The third-order valence-corrected chi connectivity index (χ3v) is 7.77. The molecular weight excluding hydrogens is 558 g/mol. The Hall–Kier alpha value is -5.34. The van der Waals surface area contributed by atoms with E-state index in [1.165, 1.54) is 11.8 Å². The van der Waals surface area contributed by atoms with Crippen LogP contribution in [0.4, 0.5) is 11.4 Å². The first kappa shape index (κ1) is 27.8. The highest BCUT2D eigenvalue weighted by molar-refractivity contribution is 8.00. The second-order valence-electron chi connectivity index (χ2n) is 9.64. The average Bonchev–Trinajstić information content (AvgIpc) is 3.49. The zero-order valence-corrected chi connectivity index (χ0v) is 23.8. The highest BCUT2D eigenvalue weighted by Crippen LogP contribution is 2.37. The van der Waals surface area contributed by atoms with Gasteiger partial charge in [-0.25, -0.2) is 4.98 Å². The van der Waals surface area contributed by atoms with Gasteiger partial charge in [-0.15, -0.1) is 11.8 Å². The standard InChI is InChI=1S/C35H27N3O4S/c39-32(23-41-28-13-5-2-6-14-28)36-27-12-9-15-29(22-27)43-33(24-10-3-1-4-11-24)34(40)37-26-20-18-25(19-21-26)35-38-30-16-7-8-17-31(30)42-35/h1-22,33H,23H2,(H,36,39)(H,37,40). The molecule has 0 aliphatic rings. The molecule has 0 bridgehead atoms. The van der Waals surface area contributed by atoms with E-state index in [2.05, 4.69) is 15.6 Å². The predicted octanol–water partition coefficient (Wildman–Crippen LogP) is 7.98. The van der Waals surface area contributed by atoms with Crippen LogP contribution in [0.25, 0.3) is 22.6 Å². The van der Waals surface area contributed by atoms with Crippen molar-refractivity contribution >= 4 is 46.1 Å². The molecule has 1 atom stereocenters. The molecule has 5 aromatic carbocycles. The van der Waals surface area contributed by atoms with E-state index in [-0.39, 0.29) is 18.4 Å². The molecule has 0 saturated heterocycles. The third kappa shape index (κ3) is 7.12. The number of nitrogens with zero attached hydrogens (tertiary/aromatic N) is 1. The molecule has 43 heavy (non-hydrogen) atoms. The van der Waals surface area contributed by atoms with E-state index in [0.717, 1.165) is 27.1 Å². The number of fused-ring (bicyclic) bond motifs is 1. The van der Waals surface area contributed by atoms with Crippen LogP contribution in [0.1, 0.15) is 10.8 Å². The fourth-order valence-electron chi connectivity index (χ4n) is 4.45. The van der Waals surface area contributed by atoms with Gasteiger partial charge in [-0.05, 0) is 72.3 Å². The van der Waals surface area contributed by atoms with Gasteiger partial charge in [0.05, 0.1) is 0 Å². The first-order valence-corrected chi connectivity index (χ1v) is 14.5. The van der Waals surface area contributed by atoms with E-state index in [1.807, 2.05) is 115 Å². The maximum atomic E-state index is 13.6. The van der Waals surface area contributed by atoms with Crippen LogP contribution in [-0.2, 0) is 9.59 Å². The van der Waals surface area contributed by atoms with Gasteiger partial charge in [-0.2, -0.15) is 0 Å². The molecule has 1 aromatic heterocycles. The normalized spacial score (nSPS) is 11.5. The summed E-state index contributed by atoms with van der Waals surface area (Å²) >= 11 is 1.40. The topological polar surface area (TPSA) is 93.5 Å². The zero-order chi connectivity index (χ0) is 29.4. The van der Waals surface area contributed by atoms with Crippen LogP contribution in [-0.4, -0.2) is 23.4 Å². The van der Waals surface area contributed by atoms with E-state index < -0.39 is 5.25 Å². The van der Waals surface area contributed by atoms with Crippen LogP contribution in [0.2, 0.25) is 0 Å². The van der Waals surface area contributed by atoms with Crippen LogP contribution in [0.5, 0.6) is 5.75 Å². The number of amides is 2. The smallest absolute Gasteiger partial charge is 0.262 e. The van der Waals surface area contributed by atoms with Crippen LogP contribution in [0.3, 0.4) is 0 Å². The molecule has 0 saturated carbocycles. The second kappa shape index (κ2) is 13.1. The molecule has 0 spiro atoms. The Morgan fingerprint density at radius 2 is 1.47 bits per heavy atom. The predicted molar refractivity (Wildman–Crippen MR) is 170 cm³/mol. The monoisotopic (exact) mass is 585 g/mol. The molecule has 6 aromatic rings. The molecule has 1 unspecified atom stereocenters. The minimum atomic E-state index is -0.537. The van der Waals surface area contributed by atoms with Crippen LogP contribution in [0, 0.1) is 0 Å². The van der Waals surface area contributed by atoms with Crippen LogP contribution >= 0.6 is 11.8 Å². The lowest BCUT2D eigenvalue weighted by molar-refractivity contribution is -0.118. The summed E-state index contributed by atoms with van der Waals surface area (Å²) in [5, 5.41) is 5.38. The van der Waals surface area contributed by atoms with Gasteiger partial charge in [0.1, 0.15) is 16.5 Å². The number of hydrogen-bond acceptors (Lipinski definition) is 6. The van der Waals surface area contributed by atoms with Crippen molar-refractivity contribution in [2.45, 2.75) is 10.1 Å². The number of rotatable bonds is 10. The van der Waals surface area contributed by atoms with Gasteiger partial charge in [0.2, 0.25) is 11.8 Å². The maximum absolute atomic E-state index is 13.6. The maximum Gasteiger partial charge on any atom is 0.262 e. The minimum Gasteiger partial charge on any atom is -0.484 e. The summed E-state index contributed by atoms with van der Waals surface area (Å²) in [5.41, 5.74) is 4.47. The lowest BCUT2D eigenvalue weighted by Crippen LogP contribution is -2.20. The molecule has 6 rings (SSSR count). The zero-order valence-electron chi connectivity index (χ0n) is 23.0. The summed E-state index contributed by atoms with van der Waals surface area (Å²) in [6.45, 7) is -0.109. The summed E-state index contributed by atoms with van der Waals surface area (Å²) < 4.78 is 11.4. The lowest BCUT2D eigenvalue weighted by atomic mass is 10.1. The highest BCUT2D eigenvalue weighted by atomic mass is 32.2. The minimum absolute atomic E-state index is 0.109. The summed E-state index contributed by atoms with van der Waals surface area (Å²) in [6.07, 6.45) is 0. The van der Waals surface area contributed by atoms with Gasteiger partial charge in [0, 0.05) is 21.8 Å². The van der Waals surface area contributed by atoms with Crippen molar-refractivity contribution in [3.8, 4) is 17.2 Å². The van der Waals surface area contributed by atoms with Gasteiger partial charge in [-0.3, -0.25) is 9.59 Å². The number of hydrogen-bond donors (Lipinski definition) is 2. The number of para-hydroxylation sites is 3.